The first-order valence-electron chi connectivity index (χ1n) is 6.51. The molecule has 0 fully saturated rings. The van der Waals surface area contributed by atoms with Crippen molar-refractivity contribution in [1.29, 1.82) is 0 Å². The van der Waals surface area contributed by atoms with Crippen LogP contribution in [0.1, 0.15) is 20.8 Å². The highest BCUT2D eigenvalue weighted by molar-refractivity contribution is 6.29. The summed E-state index contributed by atoms with van der Waals surface area (Å²) in [5.74, 6) is 0.590. The van der Waals surface area contributed by atoms with Crippen molar-refractivity contribution in [2.45, 2.75) is 20.8 Å². The van der Waals surface area contributed by atoms with Crippen LogP contribution in [0.3, 0.4) is 0 Å². The summed E-state index contributed by atoms with van der Waals surface area (Å²) in [5, 5.41) is 6.35. The van der Waals surface area contributed by atoms with E-state index in [1.165, 1.54) is 6.33 Å². The van der Waals surface area contributed by atoms with Gasteiger partial charge in [0.2, 0.25) is 5.91 Å². The Bertz CT molecular complexity index is 635. The maximum Gasteiger partial charge on any atom is 0.229 e. The van der Waals surface area contributed by atoms with Crippen molar-refractivity contribution in [3.05, 3.63) is 41.8 Å². The summed E-state index contributed by atoms with van der Waals surface area (Å²) in [5.41, 5.74) is 1.17. The molecule has 1 aromatic heterocycles. The smallest absolute Gasteiger partial charge is 0.229 e. The number of anilines is 3. The first-order chi connectivity index (χ1) is 9.84. The molecule has 1 aromatic carbocycles. The lowest BCUT2D eigenvalue weighted by molar-refractivity contribution is -0.123. The molecule has 1 amide bonds. The van der Waals surface area contributed by atoms with Crippen molar-refractivity contribution < 1.29 is 4.79 Å². The molecule has 1 heterocycles. The van der Waals surface area contributed by atoms with Crippen LogP contribution in [-0.2, 0) is 4.79 Å². The molecule has 0 radical (unpaired) electrons. The van der Waals surface area contributed by atoms with Gasteiger partial charge >= 0.3 is 0 Å². The largest absolute Gasteiger partial charge is 0.340 e. The highest BCUT2D eigenvalue weighted by Crippen LogP contribution is 2.21. The fourth-order valence-electron chi connectivity index (χ4n) is 1.51. The molecule has 0 atom stereocenters. The number of carbonyl (C=O) groups is 1. The molecule has 0 saturated carbocycles. The normalized spacial score (nSPS) is 11.0. The maximum atomic E-state index is 11.9. The monoisotopic (exact) mass is 304 g/mol. The Morgan fingerprint density at radius 1 is 1.10 bits per heavy atom. The van der Waals surface area contributed by atoms with E-state index in [4.69, 9.17) is 11.6 Å². The van der Waals surface area contributed by atoms with Crippen LogP contribution in [0, 0.1) is 5.41 Å². The van der Waals surface area contributed by atoms with Gasteiger partial charge in [-0.3, -0.25) is 4.79 Å². The summed E-state index contributed by atoms with van der Waals surface area (Å²) >= 11 is 5.80. The zero-order valence-electron chi connectivity index (χ0n) is 12.1. The van der Waals surface area contributed by atoms with Crippen LogP contribution in [0.25, 0.3) is 0 Å². The third-order valence-electron chi connectivity index (χ3n) is 2.73. The van der Waals surface area contributed by atoms with E-state index in [0.717, 1.165) is 11.4 Å². The van der Waals surface area contributed by atoms with E-state index in [0.29, 0.717) is 11.0 Å². The van der Waals surface area contributed by atoms with E-state index in [9.17, 15) is 4.79 Å². The second-order valence-corrected chi connectivity index (χ2v) is 6.02. The molecule has 0 aliphatic rings. The summed E-state index contributed by atoms with van der Waals surface area (Å²) in [6.45, 7) is 5.62. The third kappa shape index (κ3) is 4.43. The number of nitrogens with one attached hydrogen (secondary N) is 2. The maximum absolute atomic E-state index is 11.9. The Morgan fingerprint density at radius 2 is 1.71 bits per heavy atom. The summed E-state index contributed by atoms with van der Waals surface area (Å²) in [4.78, 5) is 19.8. The van der Waals surface area contributed by atoms with Gasteiger partial charge in [0.15, 0.2) is 0 Å². The van der Waals surface area contributed by atoms with Gasteiger partial charge < -0.3 is 10.6 Å². The van der Waals surface area contributed by atoms with Crippen LogP contribution < -0.4 is 10.6 Å². The lowest BCUT2D eigenvalue weighted by Crippen LogP contribution is -2.27. The third-order valence-corrected chi connectivity index (χ3v) is 2.94. The SMILES string of the molecule is CC(C)(C)C(=O)Nc1ccc(Nc2cc(Cl)ncn2)cc1. The van der Waals surface area contributed by atoms with Gasteiger partial charge in [0.1, 0.15) is 17.3 Å². The molecule has 0 aliphatic carbocycles. The van der Waals surface area contributed by atoms with Gasteiger partial charge in [0.05, 0.1) is 0 Å². The highest BCUT2D eigenvalue weighted by Gasteiger charge is 2.20. The van der Waals surface area contributed by atoms with Gasteiger partial charge in [-0.15, -0.1) is 0 Å². The van der Waals surface area contributed by atoms with E-state index < -0.39 is 5.41 Å². The Hall–Kier alpha value is -2.14. The quantitative estimate of drug-likeness (QED) is 0.845. The number of halogens is 1. The lowest BCUT2D eigenvalue weighted by Gasteiger charge is -2.17. The van der Waals surface area contributed by atoms with Gasteiger partial charge in [0.25, 0.3) is 0 Å². The molecule has 0 saturated heterocycles. The molecule has 0 unspecified atom stereocenters. The Labute approximate surface area is 128 Å². The fraction of sp³-hybridized carbons (Fsp3) is 0.267. The highest BCUT2D eigenvalue weighted by atomic mass is 35.5. The molecule has 0 bridgehead atoms. The minimum Gasteiger partial charge on any atom is -0.340 e. The van der Waals surface area contributed by atoms with E-state index >= 15 is 0 Å². The average Bonchev–Trinajstić information content (AvgIpc) is 2.40. The number of carbonyl (C=O) groups excluding carboxylic acids is 1. The number of amides is 1. The topological polar surface area (TPSA) is 66.9 Å². The van der Waals surface area contributed by atoms with Gasteiger partial charge in [-0.25, -0.2) is 9.97 Å². The Kier molecular flexibility index (Phi) is 4.43. The predicted octanol–water partition coefficient (Wildman–Crippen LogP) is 3.86. The number of aromatic nitrogens is 2. The van der Waals surface area contributed by atoms with Crippen LogP contribution in [0.15, 0.2) is 36.7 Å². The van der Waals surface area contributed by atoms with Gasteiger partial charge in [-0.2, -0.15) is 0 Å². The minimum atomic E-state index is -0.422. The predicted molar refractivity (Wildman–Crippen MR) is 84.9 cm³/mol. The number of rotatable bonds is 3. The second kappa shape index (κ2) is 6.10. The van der Waals surface area contributed by atoms with Crippen LogP contribution in [0.2, 0.25) is 5.15 Å². The molecule has 21 heavy (non-hydrogen) atoms. The van der Waals surface area contributed by atoms with Crippen molar-refractivity contribution in [3.8, 4) is 0 Å². The summed E-state index contributed by atoms with van der Waals surface area (Å²) in [6.07, 6.45) is 1.39. The molecule has 6 heteroatoms. The van der Waals surface area contributed by atoms with Crippen molar-refractivity contribution in [3.63, 3.8) is 0 Å². The molecule has 2 rings (SSSR count). The molecule has 2 aromatic rings. The molecule has 5 nitrogen and oxygen atoms in total. The second-order valence-electron chi connectivity index (χ2n) is 5.63. The molecule has 0 spiro atoms. The molecule has 110 valence electrons. The number of hydrogen-bond acceptors (Lipinski definition) is 4. The van der Waals surface area contributed by atoms with Crippen LogP contribution in [0.4, 0.5) is 17.2 Å². The molecule has 0 aliphatic heterocycles. The van der Waals surface area contributed by atoms with Gasteiger partial charge in [-0.1, -0.05) is 32.4 Å². The van der Waals surface area contributed by atoms with Crippen molar-refractivity contribution >= 4 is 34.7 Å². The fourth-order valence-corrected chi connectivity index (χ4v) is 1.65. The Balaban J connectivity index is 2.04. The van der Waals surface area contributed by atoms with E-state index in [1.807, 2.05) is 45.0 Å². The summed E-state index contributed by atoms with van der Waals surface area (Å²) in [7, 11) is 0. The van der Waals surface area contributed by atoms with Crippen molar-refractivity contribution in [1.82, 2.24) is 9.97 Å². The molecular weight excluding hydrogens is 288 g/mol. The zero-order valence-corrected chi connectivity index (χ0v) is 12.9. The average molecular weight is 305 g/mol. The molecule has 2 N–H and O–H groups in total. The van der Waals surface area contributed by atoms with E-state index in [2.05, 4.69) is 20.6 Å². The first kappa shape index (κ1) is 15.3. The van der Waals surface area contributed by atoms with E-state index in [-0.39, 0.29) is 5.91 Å². The standard InChI is InChI=1S/C15H17ClN4O/c1-15(2,3)14(21)20-11-6-4-10(5-7-11)19-13-8-12(16)17-9-18-13/h4-9H,1-3H3,(H,20,21)(H,17,18,19). The Morgan fingerprint density at radius 3 is 2.29 bits per heavy atom. The van der Waals surface area contributed by atoms with Crippen LogP contribution >= 0.6 is 11.6 Å². The molecular formula is C15H17ClN4O. The van der Waals surface area contributed by atoms with Gasteiger partial charge in [0, 0.05) is 22.9 Å². The van der Waals surface area contributed by atoms with Gasteiger partial charge in [-0.05, 0) is 24.3 Å². The van der Waals surface area contributed by atoms with E-state index in [1.54, 1.807) is 6.07 Å². The lowest BCUT2D eigenvalue weighted by atomic mass is 9.95. The number of benzene rings is 1. The first-order valence-corrected chi connectivity index (χ1v) is 6.88. The number of hydrogen-bond donors (Lipinski definition) is 2. The zero-order chi connectivity index (χ0) is 15.5. The van der Waals surface area contributed by atoms with Crippen molar-refractivity contribution in [2.75, 3.05) is 10.6 Å². The van der Waals surface area contributed by atoms with Crippen molar-refractivity contribution in [2.24, 2.45) is 5.41 Å². The minimum absolute atomic E-state index is 0.0224. The number of nitrogens with zero attached hydrogens (tertiary/aromatic N) is 2. The van der Waals surface area contributed by atoms with Crippen LogP contribution in [-0.4, -0.2) is 15.9 Å². The summed E-state index contributed by atoms with van der Waals surface area (Å²) in [6, 6.07) is 9.00. The van der Waals surface area contributed by atoms with Crippen LogP contribution in [0.5, 0.6) is 0 Å². The summed E-state index contributed by atoms with van der Waals surface area (Å²) < 4.78 is 0.